The Balaban J connectivity index is 2.21. The van der Waals surface area contributed by atoms with Crippen molar-refractivity contribution in [3.05, 3.63) is 0 Å². The van der Waals surface area contributed by atoms with Gasteiger partial charge >= 0.3 is 0 Å². The summed E-state index contributed by atoms with van der Waals surface area (Å²) >= 11 is 0. The lowest BCUT2D eigenvalue weighted by molar-refractivity contribution is -0.107. The first-order chi connectivity index (χ1) is 5.93. The molecule has 1 saturated heterocycles. The van der Waals surface area contributed by atoms with Crippen molar-refractivity contribution in [1.29, 1.82) is 0 Å². The second kappa shape index (κ2) is 7.15. The number of rotatable bonds is 1. The Bertz CT molecular complexity index is 119. The molecule has 1 heterocycles. The number of aldehydes is 1. The van der Waals surface area contributed by atoms with Crippen LogP contribution in [0.2, 0.25) is 0 Å². The van der Waals surface area contributed by atoms with Crippen LogP contribution in [0.4, 0.5) is 0 Å². The van der Waals surface area contributed by atoms with E-state index in [0.29, 0.717) is 0 Å². The highest BCUT2D eigenvalue weighted by atomic mass is 33.5. The lowest BCUT2D eigenvalue weighted by atomic mass is 10.1. The maximum absolute atomic E-state index is 10.6. The van der Waals surface area contributed by atoms with Gasteiger partial charge in [0.25, 0.3) is 0 Å². The van der Waals surface area contributed by atoms with Gasteiger partial charge in [-0.15, -0.1) is 0 Å². The summed E-state index contributed by atoms with van der Waals surface area (Å²) < 4.78 is 0. The van der Waals surface area contributed by atoms with Gasteiger partial charge in [0.2, 0.25) is 0 Å². The molecule has 1 aliphatic heterocycles. The van der Waals surface area contributed by atoms with Crippen molar-refractivity contribution in [3.8, 4) is 0 Å². The van der Waals surface area contributed by atoms with Crippen LogP contribution in [0.5, 0.6) is 0 Å². The molecule has 12 heavy (non-hydrogen) atoms. The fourth-order valence-corrected chi connectivity index (χ4v) is 5.44. The molecule has 1 unspecified atom stereocenters. The van der Waals surface area contributed by atoms with Gasteiger partial charge in [-0.1, -0.05) is 40.9 Å². The van der Waals surface area contributed by atoms with Gasteiger partial charge in [-0.3, -0.25) is 0 Å². The smallest absolute Gasteiger partial charge is 0.133 e. The number of carbonyl (C=O) groups excluding carboxylic acids is 1. The lowest BCUT2D eigenvalue weighted by Crippen LogP contribution is -2.02. The average Bonchev–Trinajstić information content (AvgIpc) is 2.14. The van der Waals surface area contributed by atoms with Crippen molar-refractivity contribution in [2.75, 3.05) is 5.75 Å². The molecule has 0 aromatic heterocycles. The van der Waals surface area contributed by atoms with Crippen molar-refractivity contribution in [3.63, 3.8) is 0 Å². The molecule has 0 bridgehead atoms. The standard InChI is InChI=1S/C8H14OS3/c9-7-8-5-3-1-2-4-6-10-12-11-8/h7-8H,1-6H2. The van der Waals surface area contributed by atoms with Crippen LogP contribution in [0.25, 0.3) is 0 Å². The van der Waals surface area contributed by atoms with Gasteiger partial charge in [0.15, 0.2) is 0 Å². The van der Waals surface area contributed by atoms with Gasteiger partial charge in [-0.2, -0.15) is 0 Å². The summed E-state index contributed by atoms with van der Waals surface area (Å²) in [7, 11) is 5.41. The topological polar surface area (TPSA) is 17.1 Å². The SMILES string of the molecule is O=CC1CCCCCCSSS1. The molecule has 1 fully saturated rings. The van der Waals surface area contributed by atoms with Gasteiger partial charge in [0.1, 0.15) is 6.29 Å². The Hall–Kier alpha value is 0.720. The van der Waals surface area contributed by atoms with E-state index in [1.165, 1.54) is 31.4 Å². The fraction of sp³-hybridized carbons (Fsp3) is 0.875. The molecular formula is C8H14OS3. The molecule has 1 nitrogen and oxygen atoms in total. The van der Waals surface area contributed by atoms with Crippen LogP contribution in [0.1, 0.15) is 32.1 Å². The Morgan fingerprint density at radius 3 is 2.83 bits per heavy atom. The van der Waals surface area contributed by atoms with Crippen molar-refractivity contribution in [2.45, 2.75) is 37.4 Å². The molecular weight excluding hydrogens is 208 g/mol. The third-order valence-corrected chi connectivity index (χ3v) is 6.39. The van der Waals surface area contributed by atoms with Gasteiger partial charge in [0, 0.05) is 5.75 Å². The van der Waals surface area contributed by atoms with E-state index in [2.05, 4.69) is 0 Å². The van der Waals surface area contributed by atoms with Crippen molar-refractivity contribution >= 4 is 37.7 Å². The lowest BCUT2D eigenvalue weighted by Gasteiger charge is -2.10. The Morgan fingerprint density at radius 1 is 1.17 bits per heavy atom. The third kappa shape index (κ3) is 4.67. The molecule has 0 aromatic carbocycles. The first-order valence-corrected chi connectivity index (χ1v) is 8.05. The minimum absolute atomic E-state index is 0.237. The summed E-state index contributed by atoms with van der Waals surface area (Å²) in [5.41, 5.74) is 0. The zero-order valence-corrected chi connectivity index (χ0v) is 9.48. The Morgan fingerprint density at radius 2 is 2.00 bits per heavy atom. The molecule has 0 saturated carbocycles. The summed E-state index contributed by atoms with van der Waals surface area (Å²) in [6.07, 6.45) is 7.37. The van der Waals surface area contributed by atoms with Crippen LogP contribution < -0.4 is 0 Å². The van der Waals surface area contributed by atoms with Gasteiger partial charge in [0.05, 0.1) is 5.25 Å². The third-order valence-electron chi connectivity index (χ3n) is 1.83. The van der Waals surface area contributed by atoms with Crippen molar-refractivity contribution in [1.82, 2.24) is 0 Å². The molecule has 0 radical (unpaired) electrons. The van der Waals surface area contributed by atoms with Crippen molar-refractivity contribution < 1.29 is 4.79 Å². The fourth-order valence-electron chi connectivity index (χ4n) is 1.11. The van der Waals surface area contributed by atoms with Crippen LogP contribution in [-0.4, -0.2) is 17.3 Å². The van der Waals surface area contributed by atoms with E-state index in [1.807, 2.05) is 10.8 Å². The number of hydrogen-bond donors (Lipinski definition) is 0. The second-order valence-electron chi connectivity index (χ2n) is 2.86. The normalized spacial score (nSPS) is 27.8. The summed E-state index contributed by atoms with van der Waals surface area (Å²) in [5.74, 6) is 1.24. The van der Waals surface area contributed by atoms with E-state index in [-0.39, 0.29) is 5.25 Å². The summed E-state index contributed by atoms with van der Waals surface area (Å²) in [5, 5.41) is 0.237. The van der Waals surface area contributed by atoms with E-state index in [4.69, 9.17) is 0 Å². The molecule has 4 heteroatoms. The summed E-state index contributed by atoms with van der Waals surface area (Å²) in [6, 6.07) is 0. The first kappa shape index (κ1) is 10.8. The molecule has 70 valence electrons. The van der Waals surface area contributed by atoms with Crippen LogP contribution in [-0.2, 0) is 4.79 Å². The predicted molar refractivity (Wildman–Crippen MR) is 60.6 cm³/mol. The zero-order chi connectivity index (χ0) is 8.65. The van der Waals surface area contributed by atoms with Crippen LogP contribution >= 0.6 is 31.4 Å². The van der Waals surface area contributed by atoms with Crippen LogP contribution in [0.3, 0.4) is 0 Å². The molecule has 0 N–H and O–H groups in total. The highest BCUT2D eigenvalue weighted by Crippen LogP contribution is 2.39. The van der Waals surface area contributed by atoms with E-state index in [0.717, 1.165) is 12.7 Å². The molecule has 1 aliphatic rings. The quantitative estimate of drug-likeness (QED) is 0.498. The average molecular weight is 222 g/mol. The van der Waals surface area contributed by atoms with Gasteiger partial charge < -0.3 is 4.79 Å². The summed E-state index contributed by atoms with van der Waals surface area (Å²) in [4.78, 5) is 10.6. The second-order valence-corrected chi connectivity index (χ2v) is 7.36. The highest BCUT2D eigenvalue weighted by molar-refractivity contribution is 9.09. The van der Waals surface area contributed by atoms with Gasteiger partial charge in [-0.25, -0.2) is 0 Å². The predicted octanol–water partition coefficient (Wildman–Crippen LogP) is 3.55. The molecule has 1 rings (SSSR count). The summed E-state index contributed by atoms with van der Waals surface area (Å²) in [6.45, 7) is 0. The van der Waals surface area contributed by atoms with E-state index >= 15 is 0 Å². The van der Waals surface area contributed by atoms with Crippen molar-refractivity contribution in [2.24, 2.45) is 0 Å². The van der Waals surface area contributed by atoms with E-state index in [1.54, 1.807) is 20.6 Å². The van der Waals surface area contributed by atoms with E-state index < -0.39 is 0 Å². The Kier molecular flexibility index (Phi) is 6.44. The largest absolute Gasteiger partial charge is 0.302 e. The van der Waals surface area contributed by atoms with Crippen LogP contribution in [0.15, 0.2) is 0 Å². The minimum Gasteiger partial charge on any atom is -0.302 e. The number of carbonyl (C=O) groups is 1. The van der Waals surface area contributed by atoms with E-state index in [9.17, 15) is 4.79 Å². The zero-order valence-electron chi connectivity index (χ0n) is 7.03. The number of hydrogen-bond acceptors (Lipinski definition) is 4. The minimum atomic E-state index is 0.237. The Labute approximate surface area is 85.6 Å². The first-order valence-electron chi connectivity index (χ1n) is 4.33. The molecule has 0 spiro atoms. The maximum atomic E-state index is 10.6. The molecule has 0 amide bonds. The monoisotopic (exact) mass is 222 g/mol. The highest BCUT2D eigenvalue weighted by Gasteiger charge is 2.09. The molecule has 0 aromatic rings. The molecule has 0 aliphatic carbocycles. The maximum Gasteiger partial charge on any atom is 0.133 e. The molecule has 1 atom stereocenters. The van der Waals surface area contributed by atoms with Gasteiger partial charge in [-0.05, 0) is 22.7 Å². The van der Waals surface area contributed by atoms with Crippen LogP contribution in [0, 0.1) is 0 Å².